The lowest BCUT2D eigenvalue weighted by Crippen LogP contribution is -2.49. The molecule has 0 bridgehead atoms. The Kier molecular flexibility index (Phi) is 8.58. The minimum absolute atomic E-state index is 0.0476. The van der Waals surface area contributed by atoms with E-state index in [4.69, 9.17) is 9.47 Å². The van der Waals surface area contributed by atoms with Crippen LogP contribution in [-0.2, 0) is 6.54 Å². The SMILES string of the molecule is COc1cccc([C@@H]2[C@H](c3ccc(N4CCC(CN5CCN(c6ccc7c(c6)CNC7=O)CC5)CC4)cc3)c3ccc(O)cc3O[C@H]2C)c1. The first kappa shape index (κ1) is 31.6. The van der Waals surface area contributed by atoms with E-state index in [1.807, 2.05) is 18.2 Å². The predicted molar refractivity (Wildman–Crippen MR) is 193 cm³/mol. The van der Waals surface area contributed by atoms with Crippen LogP contribution in [0.4, 0.5) is 11.4 Å². The molecule has 254 valence electrons. The Balaban J connectivity index is 0.902. The van der Waals surface area contributed by atoms with Crippen LogP contribution in [-0.4, -0.2) is 74.9 Å². The molecule has 3 atom stereocenters. The van der Waals surface area contributed by atoms with Crippen molar-refractivity contribution in [1.82, 2.24) is 10.2 Å². The molecule has 4 heterocycles. The van der Waals surface area contributed by atoms with Gasteiger partial charge >= 0.3 is 0 Å². The van der Waals surface area contributed by atoms with Crippen LogP contribution in [0.1, 0.15) is 64.2 Å². The number of piperazine rings is 1. The van der Waals surface area contributed by atoms with Gasteiger partial charge in [-0.05, 0) is 90.9 Å². The molecule has 2 N–H and O–H groups in total. The summed E-state index contributed by atoms with van der Waals surface area (Å²) in [5, 5.41) is 13.2. The molecule has 8 rings (SSSR count). The molecule has 1 amide bonds. The number of hydrogen-bond donors (Lipinski definition) is 2. The van der Waals surface area contributed by atoms with Crippen molar-refractivity contribution in [1.29, 1.82) is 0 Å². The minimum atomic E-state index is -0.0865. The summed E-state index contributed by atoms with van der Waals surface area (Å²) in [6, 6.07) is 29.3. The van der Waals surface area contributed by atoms with Gasteiger partial charge in [-0.15, -0.1) is 0 Å². The van der Waals surface area contributed by atoms with E-state index in [0.717, 1.165) is 73.4 Å². The third-order valence-corrected chi connectivity index (χ3v) is 11.2. The Bertz CT molecular complexity index is 1810. The summed E-state index contributed by atoms with van der Waals surface area (Å²) in [5.41, 5.74) is 7.99. The first-order valence-corrected chi connectivity index (χ1v) is 17.8. The van der Waals surface area contributed by atoms with Crippen molar-refractivity contribution in [3.8, 4) is 17.2 Å². The average Bonchev–Trinajstić information content (AvgIpc) is 3.51. The number of amides is 1. The number of ether oxygens (including phenoxy) is 2. The van der Waals surface area contributed by atoms with Gasteiger partial charge in [-0.25, -0.2) is 0 Å². The second-order valence-corrected chi connectivity index (χ2v) is 14.2. The number of phenols is 1. The molecule has 4 aliphatic rings. The fraction of sp³-hybridized carbons (Fsp3) is 0.390. The summed E-state index contributed by atoms with van der Waals surface area (Å²) in [6.07, 6.45) is 2.33. The molecule has 49 heavy (non-hydrogen) atoms. The number of rotatable bonds is 7. The zero-order chi connectivity index (χ0) is 33.5. The Morgan fingerprint density at radius 3 is 2.37 bits per heavy atom. The molecule has 2 saturated heterocycles. The lowest BCUT2D eigenvalue weighted by Gasteiger charge is -2.40. The highest BCUT2D eigenvalue weighted by Crippen LogP contribution is 2.50. The lowest BCUT2D eigenvalue weighted by atomic mass is 9.73. The number of carbonyl (C=O) groups is 1. The van der Waals surface area contributed by atoms with Crippen molar-refractivity contribution >= 4 is 17.3 Å². The van der Waals surface area contributed by atoms with E-state index in [9.17, 15) is 9.90 Å². The molecule has 0 aromatic heterocycles. The Labute approximate surface area is 289 Å². The Hall–Kier alpha value is -4.69. The average molecular weight is 659 g/mol. The van der Waals surface area contributed by atoms with Crippen LogP contribution < -0.4 is 24.6 Å². The van der Waals surface area contributed by atoms with Gasteiger partial charge in [0, 0.05) is 92.8 Å². The van der Waals surface area contributed by atoms with E-state index in [1.165, 1.54) is 41.9 Å². The molecule has 0 spiro atoms. The Morgan fingerprint density at radius 2 is 1.59 bits per heavy atom. The van der Waals surface area contributed by atoms with Crippen LogP contribution in [0.25, 0.3) is 0 Å². The van der Waals surface area contributed by atoms with Gasteiger partial charge in [-0.3, -0.25) is 9.69 Å². The van der Waals surface area contributed by atoms with Crippen LogP contribution in [0.2, 0.25) is 0 Å². The van der Waals surface area contributed by atoms with E-state index in [2.05, 4.69) is 81.5 Å². The highest BCUT2D eigenvalue weighted by atomic mass is 16.5. The van der Waals surface area contributed by atoms with Crippen molar-refractivity contribution in [2.24, 2.45) is 5.92 Å². The van der Waals surface area contributed by atoms with Gasteiger partial charge in [0.1, 0.15) is 23.4 Å². The maximum atomic E-state index is 11.9. The van der Waals surface area contributed by atoms with Gasteiger partial charge in [0.05, 0.1) is 7.11 Å². The molecular formula is C41H46N4O4. The van der Waals surface area contributed by atoms with Gasteiger partial charge < -0.3 is 29.7 Å². The maximum Gasteiger partial charge on any atom is 0.251 e. The van der Waals surface area contributed by atoms with Crippen LogP contribution >= 0.6 is 0 Å². The molecule has 8 nitrogen and oxygen atoms in total. The standard InChI is InChI=1S/C41H46N4O4/c1-27-39(30-4-3-5-35(23-30)48-2)40(37-13-11-34(46)24-38(37)49-27)29-6-8-32(9-7-29)44-16-14-28(15-17-44)26-43-18-20-45(21-19-43)33-10-12-36-31(22-33)25-42-41(36)47/h3-13,22-24,27-28,39-40,46H,14-21,25-26H2,1-2H3,(H,42,47)/t27-,39+,40+/m0/s1. The summed E-state index contributed by atoms with van der Waals surface area (Å²) in [4.78, 5) is 19.6. The third-order valence-electron chi connectivity index (χ3n) is 11.2. The van der Waals surface area contributed by atoms with Crippen LogP contribution in [0.5, 0.6) is 17.2 Å². The van der Waals surface area contributed by atoms with Crippen molar-refractivity contribution in [2.75, 3.05) is 62.7 Å². The smallest absolute Gasteiger partial charge is 0.251 e. The largest absolute Gasteiger partial charge is 0.508 e. The molecular weight excluding hydrogens is 612 g/mol. The quantitative estimate of drug-likeness (QED) is 0.239. The maximum absolute atomic E-state index is 11.9. The molecule has 8 heteroatoms. The number of aromatic hydroxyl groups is 1. The number of piperidine rings is 1. The minimum Gasteiger partial charge on any atom is -0.508 e. The third kappa shape index (κ3) is 6.30. The van der Waals surface area contributed by atoms with Gasteiger partial charge in [0.25, 0.3) is 5.91 Å². The fourth-order valence-corrected chi connectivity index (χ4v) is 8.55. The first-order valence-electron chi connectivity index (χ1n) is 17.8. The fourth-order valence-electron chi connectivity index (χ4n) is 8.55. The molecule has 2 fully saturated rings. The van der Waals surface area contributed by atoms with Gasteiger partial charge in [0.2, 0.25) is 0 Å². The van der Waals surface area contributed by atoms with E-state index in [-0.39, 0.29) is 29.6 Å². The number of phenolic OH excluding ortho intramolecular Hbond substituents is 1. The number of nitrogens with zero attached hydrogens (tertiary/aromatic N) is 3. The van der Waals surface area contributed by atoms with Crippen LogP contribution in [0.3, 0.4) is 0 Å². The number of carbonyl (C=O) groups excluding carboxylic acids is 1. The summed E-state index contributed by atoms with van der Waals surface area (Å²) in [7, 11) is 1.71. The van der Waals surface area contributed by atoms with E-state index >= 15 is 0 Å². The number of fused-ring (bicyclic) bond motifs is 2. The Morgan fingerprint density at radius 1 is 0.837 bits per heavy atom. The predicted octanol–water partition coefficient (Wildman–Crippen LogP) is 6.38. The number of methoxy groups -OCH3 is 1. The molecule has 0 unspecified atom stereocenters. The lowest BCUT2D eigenvalue weighted by molar-refractivity contribution is 0.0965. The first-order chi connectivity index (χ1) is 23.9. The number of hydrogen-bond acceptors (Lipinski definition) is 7. The van der Waals surface area contributed by atoms with Crippen molar-refractivity contribution in [2.45, 2.75) is 44.2 Å². The number of anilines is 2. The highest BCUT2D eigenvalue weighted by Gasteiger charge is 2.38. The highest BCUT2D eigenvalue weighted by molar-refractivity contribution is 5.98. The van der Waals surface area contributed by atoms with Crippen molar-refractivity contribution < 1.29 is 19.4 Å². The van der Waals surface area contributed by atoms with E-state index < -0.39 is 0 Å². The van der Waals surface area contributed by atoms with Gasteiger partial charge in [0.15, 0.2) is 0 Å². The van der Waals surface area contributed by atoms with Crippen molar-refractivity contribution in [3.63, 3.8) is 0 Å². The number of nitrogens with one attached hydrogen (secondary N) is 1. The molecule has 4 aromatic rings. The second kappa shape index (κ2) is 13.3. The summed E-state index contributed by atoms with van der Waals surface area (Å²) < 4.78 is 12.0. The van der Waals surface area contributed by atoms with E-state index in [1.54, 1.807) is 19.2 Å². The molecule has 4 aliphatic heterocycles. The van der Waals surface area contributed by atoms with Gasteiger partial charge in [-0.1, -0.05) is 30.3 Å². The van der Waals surface area contributed by atoms with Crippen molar-refractivity contribution in [3.05, 3.63) is 113 Å². The second-order valence-electron chi connectivity index (χ2n) is 14.2. The zero-order valence-electron chi connectivity index (χ0n) is 28.5. The molecule has 0 saturated carbocycles. The van der Waals surface area contributed by atoms with Crippen LogP contribution in [0, 0.1) is 5.92 Å². The number of benzene rings is 4. The van der Waals surface area contributed by atoms with E-state index in [0.29, 0.717) is 6.54 Å². The normalized spacial score (nSPS) is 22.7. The summed E-state index contributed by atoms with van der Waals surface area (Å²) in [5.74, 6) is 2.75. The van der Waals surface area contributed by atoms with Crippen LogP contribution in [0.15, 0.2) is 84.9 Å². The summed E-state index contributed by atoms with van der Waals surface area (Å²) >= 11 is 0. The summed E-state index contributed by atoms with van der Waals surface area (Å²) in [6.45, 7) is 10.3. The molecule has 0 aliphatic carbocycles. The van der Waals surface area contributed by atoms with Gasteiger partial charge in [-0.2, -0.15) is 0 Å². The monoisotopic (exact) mass is 658 g/mol. The topological polar surface area (TPSA) is 77.5 Å². The molecule has 4 aromatic carbocycles. The molecule has 0 radical (unpaired) electrons. The zero-order valence-corrected chi connectivity index (χ0v) is 28.5.